The number of hydrogen-bond acceptors (Lipinski definition) is 2. The van der Waals surface area contributed by atoms with Crippen molar-refractivity contribution in [3.8, 4) is 6.07 Å². The molecule has 0 bridgehead atoms. The van der Waals surface area contributed by atoms with E-state index in [1.54, 1.807) is 0 Å². The summed E-state index contributed by atoms with van der Waals surface area (Å²) >= 11 is 0. The molecule has 2 heteroatoms. The summed E-state index contributed by atoms with van der Waals surface area (Å²) in [6.07, 6.45) is 7.73. The Balaban J connectivity index is 3.18. The Kier molecular flexibility index (Phi) is 8.65. The third-order valence-electron chi connectivity index (χ3n) is 1.95. The largest absolute Gasteiger partial charge is 0.297 e. The van der Waals surface area contributed by atoms with Crippen molar-refractivity contribution in [2.24, 2.45) is 10.9 Å². The smallest absolute Gasteiger partial charge is 0.0656 e. The molecule has 0 saturated carbocycles. The molecule has 0 spiro atoms. The number of aliphatic imine (C=N–C) groups is 1. The van der Waals surface area contributed by atoms with Gasteiger partial charge in [-0.2, -0.15) is 5.26 Å². The third-order valence-corrected chi connectivity index (χ3v) is 1.95. The second-order valence-corrected chi connectivity index (χ2v) is 3.42. The van der Waals surface area contributed by atoms with Crippen LogP contribution >= 0.6 is 0 Å². The van der Waals surface area contributed by atoms with Crippen LogP contribution in [-0.4, -0.2) is 12.8 Å². The van der Waals surface area contributed by atoms with E-state index in [1.165, 1.54) is 25.7 Å². The predicted octanol–water partition coefficient (Wildman–Crippen LogP) is 3.19. The van der Waals surface area contributed by atoms with Gasteiger partial charge in [0.25, 0.3) is 0 Å². The van der Waals surface area contributed by atoms with Crippen molar-refractivity contribution in [1.82, 2.24) is 0 Å². The van der Waals surface area contributed by atoms with Gasteiger partial charge in [-0.05, 0) is 26.0 Å². The lowest BCUT2D eigenvalue weighted by Gasteiger charge is -1.95. The van der Waals surface area contributed by atoms with Crippen molar-refractivity contribution in [2.45, 2.75) is 46.0 Å². The molecule has 0 aliphatic heterocycles. The quantitative estimate of drug-likeness (QED) is 0.438. The van der Waals surface area contributed by atoms with E-state index in [0.29, 0.717) is 0 Å². The summed E-state index contributed by atoms with van der Waals surface area (Å²) in [5, 5.41) is 8.50. The molecular weight excluding hydrogens is 160 g/mol. The van der Waals surface area contributed by atoms with Crippen LogP contribution in [-0.2, 0) is 0 Å². The number of nitriles is 1. The van der Waals surface area contributed by atoms with E-state index in [9.17, 15) is 0 Å². The fraction of sp³-hybridized carbons (Fsp3) is 0.818. The molecule has 0 fully saturated rings. The molecule has 0 aliphatic carbocycles. The first-order valence-electron chi connectivity index (χ1n) is 5.19. The summed E-state index contributed by atoms with van der Waals surface area (Å²) in [5.74, 6) is 0.111. The minimum absolute atomic E-state index is 0.111. The monoisotopic (exact) mass is 180 g/mol. The van der Waals surface area contributed by atoms with Crippen LogP contribution in [0.3, 0.4) is 0 Å². The Labute approximate surface area is 81.7 Å². The average Bonchev–Trinajstić information content (AvgIpc) is 2.16. The van der Waals surface area contributed by atoms with E-state index >= 15 is 0 Å². The van der Waals surface area contributed by atoms with Gasteiger partial charge >= 0.3 is 0 Å². The lowest BCUT2D eigenvalue weighted by molar-refractivity contribution is 0.674. The summed E-state index contributed by atoms with van der Waals surface area (Å²) in [4.78, 5) is 4.25. The maximum absolute atomic E-state index is 8.50. The van der Waals surface area contributed by atoms with Crippen molar-refractivity contribution >= 4 is 6.21 Å². The van der Waals surface area contributed by atoms with Gasteiger partial charge in [0.2, 0.25) is 0 Å². The van der Waals surface area contributed by atoms with Crippen LogP contribution in [0.15, 0.2) is 4.99 Å². The van der Waals surface area contributed by atoms with Gasteiger partial charge < -0.3 is 0 Å². The third kappa shape index (κ3) is 9.07. The minimum atomic E-state index is 0.111. The molecule has 2 nitrogen and oxygen atoms in total. The molecule has 0 N–H and O–H groups in total. The Morgan fingerprint density at radius 2 is 2.15 bits per heavy atom. The first-order chi connectivity index (χ1) is 6.31. The van der Waals surface area contributed by atoms with E-state index in [2.05, 4.69) is 18.0 Å². The topological polar surface area (TPSA) is 36.1 Å². The molecule has 74 valence electrons. The van der Waals surface area contributed by atoms with Crippen molar-refractivity contribution in [2.75, 3.05) is 6.54 Å². The Hall–Kier alpha value is -0.840. The van der Waals surface area contributed by atoms with Gasteiger partial charge in [-0.25, -0.2) is 0 Å². The Morgan fingerprint density at radius 3 is 2.77 bits per heavy atom. The molecule has 0 aromatic rings. The van der Waals surface area contributed by atoms with E-state index in [0.717, 1.165) is 13.0 Å². The molecule has 0 radical (unpaired) electrons. The first kappa shape index (κ1) is 12.2. The van der Waals surface area contributed by atoms with Gasteiger partial charge in [0.05, 0.1) is 6.07 Å². The molecule has 0 heterocycles. The maximum atomic E-state index is 8.50. The molecule has 0 aromatic carbocycles. The molecule has 0 aliphatic rings. The van der Waals surface area contributed by atoms with E-state index in [1.807, 2.05) is 13.1 Å². The average molecular weight is 180 g/mol. The summed E-state index contributed by atoms with van der Waals surface area (Å²) in [6.45, 7) is 5.05. The summed E-state index contributed by atoms with van der Waals surface area (Å²) in [7, 11) is 0. The van der Waals surface area contributed by atoms with Gasteiger partial charge in [-0.3, -0.25) is 4.99 Å². The van der Waals surface area contributed by atoms with Crippen molar-refractivity contribution in [3.63, 3.8) is 0 Å². The van der Waals surface area contributed by atoms with Gasteiger partial charge in [-0.15, -0.1) is 0 Å². The van der Waals surface area contributed by atoms with Gasteiger partial charge in [0.1, 0.15) is 0 Å². The second kappa shape index (κ2) is 9.25. The predicted molar refractivity (Wildman–Crippen MR) is 56.9 cm³/mol. The Morgan fingerprint density at radius 1 is 1.38 bits per heavy atom. The van der Waals surface area contributed by atoms with Crippen LogP contribution in [0.25, 0.3) is 0 Å². The molecule has 0 aromatic heterocycles. The SMILES string of the molecule is CCCCCC/N=C\CC(C)C#N. The standard InChI is InChI=1S/C11H20N2/c1-3-4-5-6-8-13-9-7-11(2)10-12/h9,11H,3-8H2,1-2H3/b13-9-. The second-order valence-electron chi connectivity index (χ2n) is 3.42. The van der Waals surface area contributed by atoms with Crippen LogP contribution in [0.5, 0.6) is 0 Å². The van der Waals surface area contributed by atoms with Crippen LogP contribution in [0.1, 0.15) is 46.0 Å². The fourth-order valence-electron chi connectivity index (χ4n) is 1.01. The minimum Gasteiger partial charge on any atom is -0.297 e. The number of rotatable bonds is 7. The summed E-state index contributed by atoms with van der Waals surface area (Å²) < 4.78 is 0. The van der Waals surface area contributed by atoms with Crippen molar-refractivity contribution < 1.29 is 0 Å². The van der Waals surface area contributed by atoms with E-state index in [-0.39, 0.29) is 5.92 Å². The van der Waals surface area contributed by atoms with E-state index in [4.69, 9.17) is 5.26 Å². The highest BCUT2D eigenvalue weighted by Crippen LogP contribution is 1.99. The highest BCUT2D eigenvalue weighted by atomic mass is 14.7. The molecule has 1 unspecified atom stereocenters. The molecule has 13 heavy (non-hydrogen) atoms. The highest BCUT2D eigenvalue weighted by molar-refractivity contribution is 5.57. The van der Waals surface area contributed by atoms with Gasteiger partial charge in [0.15, 0.2) is 0 Å². The zero-order valence-electron chi connectivity index (χ0n) is 8.79. The lowest BCUT2D eigenvalue weighted by Crippen LogP contribution is -1.91. The normalized spacial score (nSPS) is 13.0. The number of hydrogen-bond donors (Lipinski definition) is 0. The van der Waals surface area contributed by atoms with Crippen LogP contribution in [0, 0.1) is 17.2 Å². The van der Waals surface area contributed by atoms with Crippen LogP contribution in [0.2, 0.25) is 0 Å². The molecule has 0 saturated heterocycles. The van der Waals surface area contributed by atoms with Gasteiger partial charge in [-0.1, -0.05) is 26.2 Å². The highest BCUT2D eigenvalue weighted by Gasteiger charge is 1.93. The van der Waals surface area contributed by atoms with Gasteiger partial charge in [0, 0.05) is 12.5 Å². The number of nitrogens with zero attached hydrogens (tertiary/aromatic N) is 2. The van der Waals surface area contributed by atoms with E-state index < -0.39 is 0 Å². The Bertz CT molecular complexity index is 167. The zero-order valence-corrected chi connectivity index (χ0v) is 8.79. The molecular formula is C11H20N2. The van der Waals surface area contributed by atoms with Crippen molar-refractivity contribution in [1.29, 1.82) is 5.26 Å². The maximum Gasteiger partial charge on any atom is 0.0656 e. The molecule has 1 atom stereocenters. The number of unbranched alkanes of at least 4 members (excludes halogenated alkanes) is 3. The lowest BCUT2D eigenvalue weighted by atomic mass is 10.1. The molecule has 0 amide bonds. The van der Waals surface area contributed by atoms with Crippen molar-refractivity contribution in [3.05, 3.63) is 0 Å². The zero-order chi connectivity index (χ0) is 9.94. The molecule has 0 rings (SSSR count). The van der Waals surface area contributed by atoms with Crippen LogP contribution < -0.4 is 0 Å². The fourth-order valence-corrected chi connectivity index (χ4v) is 1.01. The first-order valence-corrected chi connectivity index (χ1v) is 5.19. The van der Waals surface area contributed by atoms with Crippen LogP contribution in [0.4, 0.5) is 0 Å². The summed E-state index contributed by atoms with van der Waals surface area (Å²) in [6, 6.07) is 2.18. The summed E-state index contributed by atoms with van der Waals surface area (Å²) in [5.41, 5.74) is 0.